The number of hydrogen-bond acceptors (Lipinski definition) is 4. The molecule has 6 heteroatoms. The summed E-state index contributed by atoms with van der Waals surface area (Å²) in [5.74, 6) is 0.904. The van der Waals surface area contributed by atoms with Gasteiger partial charge in [-0.15, -0.1) is 0 Å². The van der Waals surface area contributed by atoms with Crippen LogP contribution in [0.5, 0.6) is 0 Å². The van der Waals surface area contributed by atoms with E-state index in [1.165, 1.54) is 0 Å². The van der Waals surface area contributed by atoms with Crippen LogP contribution in [0.4, 0.5) is 4.79 Å². The number of carbonyl (C=O) groups is 1. The van der Waals surface area contributed by atoms with Crippen LogP contribution in [0.1, 0.15) is 55.7 Å². The van der Waals surface area contributed by atoms with E-state index in [1.54, 1.807) is 0 Å². The second kappa shape index (κ2) is 6.69. The van der Waals surface area contributed by atoms with Gasteiger partial charge >= 0.3 is 6.03 Å². The Bertz CT molecular complexity index is 523. The van der Waals surface area contributed by atoms with E-state index in [0.29, 0.717) is 6.54 Å². The zero-order valence-corrected chi connectivity index (χ0v) is 13.4. The van der Waals surface area contributed by atoms with Crippen LogP contribution in [0.3, 0.4) is 0 Å². The molecule has 0 aliphatic carbocycles. The Balaban J connectivity index is 1.66. The Kier molecular flexibility index (Phi) is 4.66. The van der Waals surface area contributed by atoms with E-state index < -0.39 is 0 Å². The first-order chi connectivity index (χ1) is 10.7. The molecule has 2 fully saturated rings. The molecule has 0 saturated carbocycles. The predicted molar refractivity (Wildman–Crippen MR) is 81.7 cm³/mol. The topological polar surface area (TPSA) is 67.6 Å². The number of ether oxygens (including phenoxy) is 1. The van der Waals surface area contributed by atoms with Crippen LogP contribution in [0.15, 0.2) is 4.52 Å². The summed E-state index contributed by atoms with van der Waals surface area (Å²) in [6.07, 6.45) is 5.10. The fourth-order valence-electron chi connectivity index (χ4n) is 3.52. The Hall–Kier alpha value is -1.56. The summed E-state index contributed by atoms with van der Waals surface area (Å²) in [6.45, 7) is 6.22. The molecule has 2 amide bonds. The lowest BCUT2D eigenvalue weighted by atomic mass is 10.0. The highest BCUT2D eigenvalue weighted by atomic mass is 16.5. The number of hydrogen-bond donors (Lipinski definition) is 1. The summed E-state index contributed by atoms with van der Waals surface area (Å²) in [5, 5.41) is 7.11. The van der Waals surface area contributed by atoms with E-state index in [4.69, 9.17) is 9.26 Å². The van der Waals surface area contributed by atoms with E-state index in [0.717, 1.165) is 62.3 Å². The first-order valence-electron chi connectivity index (χ1n) is 8.31. The fourth-order valence-corrected chi connectivity index (χ4v) is 3.52. The second-order valence-electron chi connectivity index (χ2n) is 6.13. The molecule has 2 atom stereocenters. The highest BCUT2D eigenvalue weighted by Gasteiger charge is 2.34. The van der Waals surface area contributed by atoms with Crippen LogP contribution in [0, 0.1) is 6.92 Å². The fraction of sp³-hybridized carbons (Fsp3) is 0.750. The van der Waals surface area contributed by atoms with Gasteiger partial charge in [0.25, 0.3) is 0 Å². The summed E-state index contributed by atoms with van der Waals surface area (Å²) in [5.41, 5.74) is 2.01. The number of likely N-dealkylation sites (tertiary alicyclic amines) is 1. The number of rotatable bonds is 4. The molecule has 0 radical (unpaired) electrons. The molecule has 1 aromatic rings. The molecule has 3 heterocycles. The molecule has 2 aliphatic rings. The van der Waals surface area contributed by atoms with Gasteiger partial charge in [-0.2, -0.15) is 0 Å². The minimum Gasteiger partial charge on any atom is -0.376 e. The van der Waals surface area contributed by atoms with Crippen LogP contribution in [-0.4, -0.2) is 41.9 Å². The summed E-state index contributed by atoms with van der Waals surface area (Å²) < 4.78 is 11.0. The largest absolute Gasteiger partial charge is 0.376 e. The average Bonchev–Trinajstić information content (AvgIpc) is 3.24. The molecular weight excluding hydrogens is 282 g/mol. The molecule has 122 valence electrons. The molecule has 6 nitrogen and oxygen atoms in total. The van der Waals surface area contributed by atoms with Gasteiger partial charge in [0.1, 0.15) is 5.76 Å². The first kappa shape index (κ1) is 15.3. The monoisotopic (exact) mass is 307 g/mol. The minimum atomic E-state index is 0.000605. The first-order valence-corrected chi connectivity index (χ1v) is 8.31. The lowest BCUT2D eigenvalue weighted by molar-refractivity contribution is 0.108. The normalized spacial score (nSPS) is 24.9. The Morgan fingerprint density at radius 1 is 1.41 bits per heavy atom. The third kappa shape index (κ3) is 2.97. The third-order valence-electron chi connectivity index (χ3n) is 4.66. The zero-order valence-electron chi connectivity index (χ0n) is 13.4. The van der Waals surface area contributed by atoms with Crippen molar-refractivity contribution in [3.05, 3.63) is 17.0 Å². The van der Waals surface area contributed by atoms with Gasteiger partial charge in [0.05, 0.1) is 17.8 Å². The van der Waals surface area contributed by atoms with Crippen molar-refractivity contribution in [2.75, 3.05) is 19.7 Å². The van der Waals surface area contributed by atoms with E-state index in [2.05, 4.69) is 17.4 Å². The Labute approximate surface area is 131 Å². The number of carbonyl (C=O) groups excluding carboxylic acids is 1. The number of amides is 2. The highest BCUT2D eigenvalue weighted by molar-refractivity contribution is 5.75. The smallest absolute Gasteiger partial charge is 0.318 e. The van der Waals surface area contributed by atoms with Gasteiger partial charge in [-0.05, 0) is 32.6 Å². The number of aromatic nitrogens is 1. The summed E-state index contributed by atoms with van der Waals surface area (Å²) in [7, 11) is 0. The standard InChI is InChI=1S/C16H25N3O3/c1-3-14-15(11(2)18-22-14)13-7-4-8-19(13)16(20)17-10-12-6-5-9-21-12/h12-13H,3-10H2,1-2H3,(H,17,20)/t12-,13-/m0/s1. The van der Waals surface area contributed by atoms with Crippen LogP contribution < -0.4 is 5.32 Å². The van der Waals surface area contributed by atoms with Crippen LogP contribution in [0.25, 0.3) is 0 Å². The molecule has 2 saturated heterocycles. The van der Waals surface area contributed by atoms with Crippen molar-refractivity contribution < 1.29 is 14.1 Å². The molecule has 1 N–H and O–H groups in total. The van der Waals surface area contributed by atoms with Crippen LogP contribution in [-0.2, 0) is 11.2 Å². The molecule has 1 aromatic heterocycles. The highest BCUT2D eigenvalue weighted by Crippen LogP contribution is 2.35. The maximum atomic E-state index is 12.5. The van der Waals surface area contributed by atoms with E-state index >= 15 is 0 Å². The Morgan fingerprint density at radius 3 is 3.00 bits per heavy atom. The van der Waals surface area contributed by atoms with Gasteiger partial charge in [-0.3, -0.25) is 0 Å². The number of nitrogens with one attached hydrogen (secondary N) is 1. The van der Waals surface area contributed by atoms with Gasteiger partial charge in [0.15, 0.2) is 0 Å². The lowest BCUT2D eigenvalue weighted by Crippen LogP contribution is -2.42. The van der Waals surface area contributed by atoms with Gasteiger partial charge in [-0.1, -0.05) is 12.1 Å². The van der Waals surface area contributed by atoms with Crippen molar-refractivity contribution in [1.29, 1.82) is 0 Å². The number of aryl methyl sites for hydroxylation is 2. The lowest BCUT2D eigenvalue weighted by Gasteiger charge is -2.26. The molecule has 0 spiro atoms. The predicted octanol–water partition coefficient (Wildman–Crippen LogP) is 2.57. The van der Waals surface area contributed by atoms with Crippen molar-refractivity contribution in [2.45, 2.75) is 58.1 Å². The average molecular weight is 307 g/mol. The summed E-state index contributed by atoms with van der Waals surface area (Å²) in [6, 6.07) is 0.0892. The van der Waals surface area contributed by atoms with Crippen molar-refractivity contribution in [2.24, 2.45) is 0 Å². The van der Waals surface area contributed by atoms with Crippen molar-refractivity contribution in [1.82, 2.24) is 15.4 Å². The Morgan fingerprint density at radius 2 is 2.27 bits per heavy atom. The van der Waals surface area contributed by atoms with E-state index in [9.17, 15) is 4.79 Å². The van der Waals surface area contributed by atoms with Gasteiger partial charge in [0.2, 0.25) is 0 Å². The summed E-state index contributed by atoms with van der Waals surface area (Å²) in [4.78, 5) is 14.5. The number of nitrogens with zero attached hydrogens (tertiary/aromatic N) is 2. The molecular formula is C16H25N3O3. The second-order valence-corrected chi connectivity index (χ2v) is 6.13. The quantitative estimate of drug-likeness (QED) is 0.928. The van der Waals surface area contributed by atoms with Gasteiger partial charge in [-0.25, -0.2) is 4.79 Å². The van der Waals surface area contributed by atoms with E-state index in [-0.39, 0.29) is 18.2 Å². The maximum Gasteiger partial charge on any atom is 0.318 e. The van der Waals surface area contributed by atoms with Gasteiger partial charge in [0, 0.05) is 31.7 Å². The van der Waals surface area contributed by atoms with Crippen LogP contribution in [0.2, 0.25) is 0 Å². The summed E-state index contributed by atoms with van der Waals surface area (Å²) >= 11 is 0. The van der Waals surface area contributed by atoms with Gasteiger partial charge < -0.3 is 19.5 Å². The molecule has 2 aliphatic heterocycles. The molecule has 0 unspecified atom stereocenters. The third-order valence-corrected chi connectivity index (χ3v) is 4.66. The molecule has 0 bridgehead atoms. The zero-order chi connectivity index (χ0) is 15.5. The van der Waals surface area contributed by atoms with Crippen molar-refractivity contribution >= 4 is 6.03 Å². The number of urea groups is 1. The van der Waals surface area contributed by atoms with Crippen molar-refractivity contribution in [3.8, 4) is 0 Å². The molecule has 0 aromatic carbocycles. The molecule has 22 heavy (non-hydrogen) atoms. The minimum absolute atomic E-state index is 0.000605. The van der Waals surface area contributed by atoms with Crippen molar-refractivity contribution in [3.63, 3.8) is 0 Å². The maximum absolute atomic E-state index is 12.5. The van der Waals surface area contributed by atoms with E-state index in [1.807, 2.05) is 11.8 Å². The van der Waals surface area contributed by atoms with Crippen LogP contribution >= 0.6 is 0 Å². The SMILES string of the molecule is CCc1onc(C)c1[C@@H]1CCCN1C(=O)NC[C@@H]1CCCO1. The molecule has 3 rings (SSSR count).